The van der Waals surface area contributed by atoms with Gasteiger partial charge in [-0.15, -0.1) is 35.4 Å². The first-order valence-electron chi connectivity index (χ1n) is 8.05. The zero-order chi connectivity index (χ0) is 14.8. The molecular weight excluding hydrogens is 280 g/mol. The van der Waals surface area contributed by atoms with Crippen LogP contribution in [-0.4, -0.2) is 15.6 Å². The molecule has 0 unspecified atom stereocenters. The van der Waals surface area contributed by atoms with Crippen LogP contribution in [0.25, 0.3) is 0 Å². The first kappa shape index (κ1) is 16.6. The lowest BCUT2D eigenvalue weighted by molar-refractivity contribution is 0.280. The highest BCUT2D eigenvalue weighted by molar-refractivity contribution is 8.18. The molecule has 0 bridgehead atoms. The van der Waals surface area contributed by atoms with E-state index in [0.717, 1.165) is 11.8 Å². The van der Waals surface area contributed by atoms with Gasteiger partial charge in [-0.1, -0.05) is 20.8 Å². The second-order valence-corrected chi connectivity index (χ2v) is 10.8. The summed E-state index contributed by atoms with van der Waals surface area (Å²) < 4.78 is 0.465. The minimum absolute atomic E-state index is 0.465. The van der Waals surface area contributed by atoms with Gasteiger partial charge in [0.1, 0.15) is 0 Å². The van der Waals surface area contributed by atoms with Gasteiger partial charge in [0.25, 0.3) is 0 Å². The molecule has 2 heteroatoms. The number of rotatable bonds is 1. The smallest absolute Gasteiger partial charge is 0.0611 e. The van der Waals surface area contributed by atoms with E-state index >= 15 is 0 Å². The molecule has 0 aromatic heterocycles. The van der Waals surface area contributed by atoms with Crippen LogP contribution in [0.1, 0.15) is 60.3 Å². The molecule has 0 radical (unpaired) electrons. The molecule has 0 aromatic rings. The monoisotopic (exact) mass is 310 g/mol. The van der Waals surface area contributed by atoms with Crippen molar-refractivity contribution in [3.05, 3.63) is 0 Å². The van der Waals surface area contributed by atoms with Gasteiger partial charge in [-0.3, -0.25) is 0 Å². The highest BCUT2D eigenvalue weighted by atomic mass is 32.2. The van der Waals surface area contributed by atoms with E-state index in [1.807, 2.05) is 6.92 Å². The minimum atomic E-state index is 0.465. The standard InChI is InChI=1S/C18H30S2/c1-6-7-14-8-10-15(11-9-14)18(5)19-12-16(13-20-18)17(2,3)4/h14-16H,8-13H2,1-5H3. The Balaban J connectivity index is 1.89. The largest absolute Gasteiger partial charge is 0.144 e. The van der Waals surface area contributed by atoms with E-state index in [9.17, 15) is 0 Å². The van der Waals surface area contributed by atoms with Gasteiger partial charge in [0, 0.05) is 5.92 Å². The molecule has 114 valence electrons. The molecule has 1 aliphatic heterocycles. The van der Waals surface area contributed by atoms with E-state index < -0.39 is 0 Å². The van der Waals surface area contributed by atoms with Crippen LogP contribution in [0.4, 0.5) is 0 Å². The summed E-state index contributed by atoms with van der Waals surface area (Å²) in [6, 6.07) is 0. The van der Waals surface area contributed by atoms with Crippen LogP contribution in [-0.2, 0) is 0 Å². The van der Waals surface area contributed by atoms with Crippen LogP contribution in [0, 0.1) is 35.0 Å². The second-order valence-electron chi connectivity index (χ2n) is 7.64. The molecule has 1 saturated carbocycles. The topological polar surface area (TPSA) is 0 Å². The molecule has 0 amide bonds. The molecule has 1 saturated heterocycles. The van der Waals surface area contributed by atoms with Crippen LogP contribution in [0.3, 0.4) is 0 Å². The van der Waals surface area contributed by atoms with Crippen molar-refractivity contribution in [1.29, 1.82) is 0 Å². The second kappa shape index (κ2) is 6.57. The number of hydrogen-bond donors (Lipinski definition) is 0. The Bertz CT molecular complexity index is 366. The van der Waals surface area contributed by atoms with Crippen LogP contribution < -0.4 is 0 Å². The van der Waals surface area contributed by atoms with Crippen molar-refractivity contribution in [2.75, 3.05) is 11.5 Å². The maximum atomic E-state index is 3.38. The van der Waals surface area contributed by atoms with E-state index in [1.165, 1.54) is 37.2 Å². The van der Waals surface area contributed by atoms with Gasteiger partial charge in [-0.05, 0) is 68.3 Å². The molecule has 20 heavy (non-hydrogen) atoms. The average Bonchev–Trinajstić information content (AvgIpc) is 2.39. The first-order valence-corrected chi connectivity index (χ1v) is 10.0. The van der Waals surface area contributed by atoms with Gasteiger partial charge >= 0.3 is 0 Å². The normalized spacial score (nSPS) is 39.0. The van der Waals surface area contributed by atoms with Crippen molar-refractivity contribution in [3.63, 3.8) is 0 Å². The Hall–Kier alpha value is 0.260. The minimum Gasteiger partial charge on any atom is -0.144 e. The molecule has 0 atom stereocenters. The van der Waals surface area contributed by atoms with Crippen LogP contribution in [0.15, 0.2) is 0 Å². The highest BCUT2D eigenvalue weighted by Crippen LogP contribution is 2.55. The van der Waals surface area contributed by atoms with Crippen molar-refractivity contribution >= 4 is 23.5 Å². The summed E-state index contributed by atoms with van der Waals surface area (Å²) in [4.78, 5) is 0. The van der Waals surface area contributed by atoms with E-state index in [0.29, 0.717) is 15.4 Å². The summed E-state index contributed by atoms with van der Waals surface area (Å²) in [7, 11) is 0. The maximum Gasteiger partial charge on any atom is 0.0611 e. The third-order valence-corrected chi connectivity index (χ3v) is 8.84. The average molecular weight is 311 g/mol. The first-order chi connectivity index (χ1) is 9.35. The summed E-state index contributed by atoms with van der Waals surface area (Å²) in [5, 5.41) is 0. The fourth-order valence-corrected chi connectivity index (χ4v) is 7.46. The SMILES string of the molecule is CC#CC1CCC(C2(C)SCC(C(C)(C)C)CS2)CC1. The fourth-order valence-electron chi connectivity index (χ4n) is 3.32. The van der Waals surface area contributed by atoms with Gasteiger partial charge in [0.2, 0.25) is 0 Å². The van der Waals surface area contributed by atoms with Gasteiger partial charge in [0.05, 0.1) is 4.08 Å². The number of hydrogen-bond acceptors (Lipinski definition) is 2. The van der Waals surface area contributed by atoms with Crippen molar-refractivity contribution < 1.29 is 0 Å². The molecule has 0 nitrogen and oxygen atoms in total. The third-order valence-electron chi connectivity index (χ3n) is 5.18. The van der Waals surface area contributed by atoms with Crippen molar-refractivity contribution in [2.24, 2.45) is 23.2 Å². The van der Waals surface area contributed by atoms with Crippen LogP contribution in [0.2, 0.25) is 0 Å². The zero-order valence-corrected chi connectivity index (χ0v) is 15.4. The summed E-state index contributed by atoms with van der Waals surface area (Å²) in [6.45, 7) is 11.7. The Morgan fingerprint density at radius 2 is 1.55 bits per heavy atom. The molecule has 2 aliphatic rings. The van der Waals surface area contributed by atoms with E-state index in [-0.39, 0.29) is 0 Å². The Kier molecular flexibility index (Phi) is 5.46. The number of thioether (sulfide) groups is 2. The molecule has 0 N–H and O–H groups in total. The van der Waals surface area contributed by atoms with Crippen LogP contribution in [0.5, 0.6) is 0 Å². The molecule has 2 fully saturated rings. The van der Waals surface area contributed by atoms with E-state index in [2.05, 4.69) is 63.1 Å². The quantitative estimate of drug-likeness (QED) is 0.572. The fraction of sp³-hybridized carbons (Fsp3) is 0.889. The molecule has 0 spiro atoms. The van der Waals surface area contributed by atoms with Gasteiger partial charge in [-0.2, -0.15) is 0 Å². The van der Waals surface area contributed by atoms with Gasteiger partial charge in [-0.25, -0.2) is 0 Å². The van der Waals surface area contributed by atoms with Crippen molar-refractivity contribution in [2.45, 2.75) is 64.4 Å². The maximum absolute atomic E-state index is 3.38. The Morgan fingerprint density at radius 1 is 1.00 bits per heavy atom. The lowest BCUT2D eigenvalue weighted by Gasteiger charge is -2.46. The van der Waals surface area contributed by atoms with E-state index in [4.69, 9.17) is 0 Å². The third kappa shape index (κ3) is 3.92. The summed E-state index contributed by atoms with van der Waals surface area (Å²) in [6.07, 6.45) is 5.42. The zero-order valence-electron chi connectivity index (χ0n) is 13.8. The lowest BCUT2D eigenvalue weighted by atomic mass is 9.80. The molecule has 1 heterocycles. The van der Waals surface area contributed by atoms with Crippen LogP contribution >= 0.6 is 23.5 Å². The van der Waals surface area contributed by atoms with Crippen molar-refractivity contribution in [3.8, 4) is 11.8 Å². The molecule has 2 rings (SSSR count). The Morgan fingerprint density at radius 3 is 2.00 bits per heavy atom. The van der Waals surface area contributed by atoms with E-state index in [1.54, 1.807) is 0 Å². The predicted molar refractivity (Wildman–Crippen MR) is 95.2 cm³/mol. The summed E-state index contributed by atoms with van der Waals surface area (Å²) in [5.74, 6) is 11.6. The molecular formula is C18H30S2. The van der Waals surface area contributed by atoms with Gasteiger partial charge in [0.15, 0.2) is 0 Å². The molecule has 0 aromatic carbocycles. The predicted octanol–water partition coefficient (Wildman–Crippen LogP) is 5.67. The van der Waals surface area contributed by atoms with Gasteiger partial charge < -0.3 is 0 Å². The Labute approximate surface area is 134 Å². The highest BCUT2D eigenvalue weighted by Gasteiger charge is 2.42. The summed E-state index contributed by atoms with van der Waals surface area (Å²) in [5.41, 5.74) is 0.468. The molecule has 1 aliphatic carbocycles. The lowest BCUT2D eigenvalue weighted by Crippen LogP contribution is -2.39. The summed E-state index contributed by atoms with van der Waals surface area (Å²) >= 11 is 4.50. The van der Waals surface area contributed by atoms with Crippen molar-refractivity contribution in [1.82, 2.24) is 0 Å².